The van der Waals surface area contributed by atoms with E-state index in [0.29, 0.717) is 30.1 Å². The van der Waals surface area contributed by atoms with Gasteiger partial charge in [-0.05, 0) is 30.9 Å². The normalized spacial score (nSPS) is 13.4. The number of aliphatic hydroxyl groups is 1. The maximum atomic E-state index is 12.0. The van der Waals surface area contributed by atoms with Gasteiger partial charge in [-0.1, -0.05) is 0 Å². The minimum atomic E-state index is -0.244. The van der Waals surface area contributed by atoms with E-state index >= 15 is 0 Å². The van der Waals surface area contributed by atoms with Gasteiger partial charge >= 0.3 is 5.63 Å². The third kappa shape index (κ3) is 2.49. The highest BCUT2D eigenvalue weighted by atomic mass is 16.5. The predicted octanol–water partition coefficient (Wildman–Crippen LogP) is 2.05. The molecule has 0 fully saturated rings. The Morgan fingerprint density at radius 2 is 2.05 bits per heavy atom. The molecule has 112 valence electrons. The van der Waals surface area contributed by atoms with E-state index in [9.17, 15) is 4.79 Å². The first-order valence-electron chi connectivity index (χ1n) is 7.15. The summed E-state index contributed by atoms with van der Waals surface area (Å²) in [6.07, 6.45) is 3.20. The minimum absolute atomic E-state index is 0.0835. The number of ether oxygens (including phenoxy) is 2. The fourth-order valence-corrected chi connectivity index (χ4v) is 2.81. The highest BCUT2D eigenvalue weighted by Crippen LogP contribution is 2.36. The molecule has 0 amide bonds. The van der Waals surface area contributed by atoms with Crippen molar-refractivity contribution in [3.8, 4) is 11.5 Å². The lowest BCUT2D eigenvalue weighted by molar-refractivity contribution is 0.228. The number of aliphatic hydroxyl groups excluding tert-OH is 1. The Kier molecular flexibility index (Phi) is 3.84. The Morgan fingerprint density at radius 1 is 1.24 bits per heavy atom. The molecule has 21 heavy (non-hydrogen) atoms. The van der Waals surface area contributed by atoms with Gasteiger partial charge in [0.25, 0.3) is 0 Å². The fraction of sp³-hybridized carbons (Fsp3) is 0.438. The largest absolute Gasteiger partial charge is 0.493 e. The number of hydrogen-bond acceptors (Lipinski definition) is 5. The predicted molar refractivity (Wildman–Crippen MR) is 78.3 cm³/mol. The molecular formula is C16H18O5. The zero-order valence-corrected chi connectivity index (χ0v) is 12.0. The summed E-state index contributed by atoms with van der Waals surface area (Å²) in [7, 11) is 1.55. The number of fused-ring (bicyclic) bond motifs is 3. The van der Waals surface area contributed by atoms with Gasteiger partial charge in [0, 0.05) is 30.0 Å². The van der Waals surface area contributed by atoms with Gasteiger partial charge in [0.05, 0.1) is 13.7 Å². The van der Waals surface area contributed by atoms with E-state index in [-0.39, 0.29) is 12.2 Å². The first-order chi connectivity index (χ1) is 10.2. The Balaban J connectivity index is 2.11. The van der Waals surface area contributed by atoms with Gasteiger partial charge in [-0.2, -0.15) is 0 Å². The summed E-state index contributed by atoms with van der Waals surface area (Å²) in [5.41, 5.74) is 2.14. The summed E-state index contributed by atoms with van der Waals surface area (Å²) in [6.45, 7) is 0.498. The number of methoxy groups -OCH3 is 1. The van der Waals surface area contributed by atoms with Gasteiger partial charge in [-0.15, -0.1) is 0 Å². The van der Waals surface area contributed by atoms with Crippen molar-refractivity contribution in [3.05, 3.63) is 33.7 Å². The monoisotopic (exact) mass is 290 g/mol. The zero-order valence-electron chi connectivity index (χ0n) is 12.0. The minimum Gasteiger partial charge on any atom is -0.493 e. The maximum absolute atomic E-state index is 12.0. The summed E-state index contributed by atoms with van der Waals surface area (Å²) < 4.78 is 16.4. The maximum Gasteiger partial charge on any atom is 0.339 e. The molecule has 0 unspecified atom stereocenters. The van der Waals surface area contributed by atoms with E-state index in [1.807, 2.05) is 6.07 Å². The molecule has 5 nitrogen and oxygen atoms in total. The highest BCUT2D eigenvalue weighted by Gasteiger charge is 2.21. The Labute approximate surface area is 122 Å². The lowest BCUT2D eigenvalue weighted by atomic mass is 10.1. The van der Waals surface area contributed by atoms with Gasteiger partial charge in [0.2, 0.25) is 0 Å². The summed E-state index contributed by atoms with van der Waals surface area (Å²) >= 11 is 0. The molecule has 1 aliphatic rings. The number of rotatable bonds is 5. The van der Waals surface area contributed by atoms with Crippen molar-refractivity contribution >= 4 is 11.0 Å². The third-order valence-corrected chi connectivity index (χ3v) is 3.82. The Hall–Kier alpha value is -2.01. The summed E-state index contributed by atoms with van der Waals surface area (Å²) in [6, 6.07) is 3.57. The van der Waals surface area contributed by atoms with E-state index in [1.54, 1.807) is 13.2 Å². The molecule has 0 radical (unpaired) electrons. The Bertz CT molecular complexity index is 717. The molecule has 0 atom stereocenters. The highest BCUT2D eigenvalue weighted by molar-refractivity contribution is 5.85. The molecule has 1 aliphatic carbocycles. The van der Waals surface area contributed by atoms with E-state index < -0.39 is 0 Å². The summed E-state index contributed by atoms with van der Waals surface area (Å²) in [4.78, 5) is 12.0. The molecule has 5 heteroatoms. The average Bonchev–Trinajstić information content (AvgIpc) is 2.98. The molecule has 1 aromatic heterocycles. The van der Waals surface area contributed by atoms with Crippen molar-refractivity contribution in [1.29, 1.82) is 0 Å². The van der Waals surface area contributed by atoms with Crippen LogP contribution in [0.5, 0.6) is 11.5 Å². The molecule has 0 spiro atoms. The van der Waals surface area contributed by atoms with Crippen molar-refractivity contribution in [2.75, 3.05) is 20.3 Å². The quantitative estimate of drug-likeness (QED) is 0.674. The third-order valence-electron chi connectivity index (χ3n) is 3.82. The van der Waals surface area contributed by atoms with E-state index in [0.717, 1.165) is 35.8 Å². The lowest BCUT2D eigenvalue weighted by Crippen LogP contribution is -2.07. The molecule has 1 heterocycles. The van der Waals surface area contributed by atoms with E-state index in [2.05, 4.69) is 0 Å². The molecule has 3 rings (SSSR count). The van der Waals surface area contributed by atoms with Crippen LogP contribution in [0.1, 0.15) is 24.0 Å². The second-order valence-electron chi connectivity index (χ2n) is 5.13. The van der Waals surface area contributed by atoms with Crippen molar-refractivity contribution in [1.82, 2.24) is 0 Å². The van der Waals surface area contributed by atoms with Crippen LogP contribution < -0.4 is 15.1 Å². The fourth-order valence-electron chi connectivity index (χ4n) is 2.81. The van der Waals surface area contributed by atoms with Crippen LogP contribution in [0.3, 0.4) is 0 Å². The molecule has 0 saturated heterocycles. The molecule has 0 saturated carbocycles. The van der Waals surface area contributed by atoms with Gasteiger partial charge in [0.15, 0.2) is 11.5 Å². The van der Waals surface area contributed by atoms with Crippen LogP contribution in [-0.4, -0.2) is 25.4 Å². The van der Waals surface area contributed by atoms with Crippen LogP contribution in [0, 0.1) is 0 Å². The van der Waals surface area contributed by atoms with Crippen molar-refractivity contribution < 1.29 is 19.0 Å². The van der Waals surface area contributed by atoms with Gasteiger partial charge < -0.3 is 19.0 Å². The van der Waals surface area contributed by atoms with Crippen molar-refractivity contribution in [3.63, 3.8) is 0 Å². The molecule has 2 aromatic rings. The molecule has 0 bridgehead atoms. The first-order valence-corrected chi connectivity index (χ1v) is 7.15. The standard InChI is InChI=1S/C16H18O5/c1-19-14-9-13-12(8-15(14)20-7-3-6-17)10-4-2-5-11(10)16(18)21-13/h8-9,17H,2-7H2,1H3. The molecule has 1 aromatic carbocycles. The second kappa shape index (κ2) is 5.77. The summed E-state index contributed by atoms with van der Waals surface area (Å²) in [5.74, 6) is 1.14. The van der Waals surface area contributed by atoms with Crippen LogP contribution in [0.4, 0.5) is 0 Å². The van der Waals surface area contributed by atoms with Crippen LogP contribution in [0.25, 0.3) is 11.0 Å². The number of aryl methyl sites for hydroxylation is 1. The smallest absolute Gasteiger partial charge is 0.339 e. The molecular weight excluding hydrogens is 272 g/mol. The number of benzene rings is 1. The number of hydrogen-bond donors (Lipinski definition) is 1. The van der Waals surface area contributed by atoms with Crippen LogP contribution in [0.2, 0.25) is 0 Å². The molecule has 1 N–H and O–H groups in total. The SMILES string of the molecule is COc1cc2oc(=O)c3c(c2cc1OCCCO)CCC3. The van der Waals surface area contributed by atoms with E-state index in [1.165, 1.54) is 0 Å². The molecule has 0 aliphatic heterocycles. The summed E-state index contributed by atoms with van der Waals surface area (Å²) in [5, 5.41) is 9.76. The zero-order chi connectivity index (χ0) is 14.8. The Morgan fingerprint density at radius 3 is 2.81 bits per heavy atom. The van der Waals surface area contributed by atoms with Crippen LogP contribution in [0.15, 0.2) is 21.3 Å². The van der Waals surface area contributed by atoms with Crippen molar-refractivity contribution in [2.45, 2.75) is 25.7 Å². The topological polar surface area (TPSA) is 68.9 Å². The van der Waals surface area contributed by atoms with Gasteiger partial charge in [0.1, 0.15) is 5.58 Å². The van der Waals surface area contributed by atoms with Crippen LogP contribution >= 0.6 is 0 Å². The van der Waals surface area contributed by atoms with Gasteiger partial charge in [-0.25, -0.2) is 4.79 Å². The second-order valence-corrected chi connectivity index (χ2v) is 5.13. The average molecular weight is 290 g/mol. The van der Waals surface area contributed by atoms with E-state index in [4.69, 9.17) is 19.0 Å². The van der Waals surface area contributed by atoms with Gasteiger partial charge in [-0.3, -0.25) is 0 Å². The van der Waals surface area contributed by atoms with Crippen molar-refractivity contribution in [2.24, 2.45) is 0 Å². The lowest BCUT2D eigenvalue weighted by Gasteiger charge is -2.12. The first kappa shape index (κ1) is 13.9. The van der Waals surface area contributed by atoms with Crippen LogP contribution in [-0.2, 0) is 12.8 Å².